The van der Waals surface area contributed by atoms with E-state index in [-0.39, 0.29) is 17.2 Å². The van der Waals surface area contributed by atoms with Gasteiger partial charge in [0.25, 0.3) is 0 Å². The molecule has 1 aliphatic rings. The predicted molar refractivity (Wildman–Crippen MR) is 91.0 cm³/mol. The number of rotatable bonds is 6. The Kier molecular flexibility index (Phi) is 6.03. The van der Waals surface area contributed by atoms with Crippen LogP contribution in [0.4, 0.5) is 0 Å². The van der Waals surface area contributed by atoms with E-state index < -0.39 is 9.84 Å². The smallest absolute Gasteiger partial charge is 0.220 e. The van der Waals surface area contributed by atoms with Crippen molar-refractivity contribution in [2.24, 2.45) is 0 Å². The Bertz CT molecular complexity index is 607. The number of hydrogen-bond acceptors (Lipinski definition) is 4. The molecule has 4 nitrogen and oxygen atoms in total. The van der Waals surface area contributed by atoms with Crippen molar-refractivity contribution in [2.75, 3.05) is 6.26 Å². The fraction of sp³-hybridized carbons (Fsp3) is 0.688. The number of thiophene rings is 1. The van der Waals surface area contributed by atoms with E-state index in [4.69, 9.17) is 0 Å². The third-order valence-electron chi connectivity index (χ3n) is 4.22. The molecule has 0 aliphatic heterocycles. The molecule has 0 radical (unpaired) electrons. The molecule has 1 fully saturated rings. The van der Waals surface area contributed by atoms with Crippen LogP contribution in [0.1, 0.15) is 48.3 Å². The van der Waals surface area contributed by atoms with Crippen molar-refractivity contribution in [2.45, 2.75) is 63.2 Å². The van der Waals surface area contributed by atoms with Gasteiger partial charge < -0.3 is 5.32 Å². The summed E-state index contributed by atoms with van der Waals surface area (Å²) in [6, 6.07) is 4.24. The summed E-state index contributed by atoms with van der Waals surface area (Å²) in [5.74, 6) is 0.0485. The highest BCUT2D eigenvalue weighted by atomic mass is 32.2. The summed E-state index contributed by atoms with van der Waals surface area (Å²) in [4.78, 5) is 14.6. The highest BCUT2D eigenvalue weighted by molar-refractivity contribution is 7.91. The van der Waals surface area contributed by atoms with Gasteiger partial charge in [-0.3, -0.25) is 4.79 Å². The average molecular weight is 344 g/mol. The van der Waals surface area contributed by atoms with Gasteiger partial charge in [0.15, 0.2) is 0 Å². The molecule has 1 aromatic rings. The van der Waals surface area contributed by atoms with Gasteiger partial charge in [-0.25, -0.2) is 8.42 Å². The summed E-state index contributed by atoms with van der Waals surface area (Å²) in [6.07, 6.45) is 6.63. The maximum Gasteiger partial charge on any atom is 0.220 e. The lowest BCUT2D eigenvalue weighted by Crippen LogP contribution is -2.41. The Hall–Kier alpha value is -0.880. The number of amides is 1. The van der Waals surface area contributed by atoms with Gasteiger partial charge >= 0.3 is 0 Å². The number of carbonyl (C=O) groups is 1. The topological polar surface area (TPSA) is 63.2 Å². The second-order valence-corrected chi connectivity index (χ2v) is 9.95. The van der Waals surface area contributed by atoms with Crippen LogP contribution in [-0.2, 0) is 21.1 Å². The molecule has 0 bridgehead atoms. The summed E-state index contributed by atoms with van der Waals surface area (Å²) in [6.45, 7) is 2.09. The maximum atomic E-state index is 12.0. The van der Waals surface area contributed by atoms with E-state index in [1.807, 2.05) is 0 Å². The number of hydrogen-bond donors (Lipinski definition) is 1. The molecule has 0 saturated heterocycles. The number of nitrogens with one attached hydrogen (secondary N) is 1. The SMILES string of the molecule is Cc1ccc(CCCC(=O)N[C@@H]2CCC[C@@H](S(C)(=O)=O)C2)s1. The van der Waals surface area contributed by atoms with Gasteiger partial charge in [-0.15, -0.1) is 11.3 Å². The number of sulfone groups is 1. The lowest BCUT2D eigenvalue weighted by molar-refractivity contribution is -0.122. The Morgan fingerprint density at radius 1 is 1.36 bits per heavy atom. The van der Waals surface area contributed by atoms with Crippen molar-refractivity contribution in [3.63, 3.8) is 0 Å². The first kappa shape index (κ1) is 17.5. The van der Waals surface area contributed by atoms with Gasteiger partial charge in [-0.05, 0) is 51.2 Å². The summed E-state index contributed by atoms with van der Waals surface area (Å²) in [7, 11) is -3.00. The zero-order valence-corrected chi connectivity index (χ0v) is 14.9. The van der Waals surface area contributed by atoms with E-state index in [9.17, 15) is 13.2 Å². The van der Waals surface area contributed by atoms with Crippen LogP contribution < -0.4 is 5.32 Å². The van der Waals surface area contributed by atoms with Crippen LogP contribution in [0.15, 0.2) is 12.1 Å². The average Bonchev–Trinajstić information content (AvgIpc) is 2.84. The third kappa shape index (κ3) is 5.39. The minimum absolute atomic E-state index is 0.0185. The lowest BCUT2D eigenvalue weighted by Gasteiger charge is -2.28. The number of carbonyl (C=O) groups excluding carboxylic acids is 1. The highest BCUT2D eigenvalue weighted by Crippen LogP contribution is 2.24. The molecule has 1 amide bonds. The van der Waals surface area contributed by atoms with Gasteiger partial charge in [0, 0.05) is 28.5 Å². The zero-order valence-electron chi connectivity index (χ0n) is 13.3. The molecule has 1 saturated carbocycles. The largest absolute Gasteiger partial charge is 0.353 e. The van der Waals surface area contributed by atoms with Crippen molar-refractivity contribution < 1.29 is 13.2 Å². The van der Waals surface area contributed by atoms with Crippen molar-refractivity contribution >= 4 is 27.1 Å². The van der Waals surface area contributed by atoms with E-state index in [1.54, 1.807) is 11.3 Å². The van der Waals surface area contributed by atoms with Crippen LogP contribution in [0.2, 0.25) is 0 Å². The van der Waals surface area contributed by atoms with Crippen molar-refractivity contribution in [1.29, 1.82) is 0 Å². The molecule has 1 aromatic heterocycles. The molecule has 1 heterocycles. The van der Waals surface area contributed by atoms with Gasteiger partial charge in [-0.1, -0.05) is 6.42 Å². The number of aryl methyl sites for hydroxylation is 2. The van der Waals surface area contributed by atoms with E-state index in [0.29, 0.717) is 12.8 Å². The van der Waals surface area contributed by atoms with E-state index in [1.165, 1.54) is 16.0 Å². The highest BCUT2D eigenvalue weighted by Gasteiger charge is 2.29. The van der Waals surface area contributed by atoms with Crippen molar-refractivity contribution in [3.05, 3.63) is 21.9 Å². The molecule has 6 heteroatoms. The summed E-state index contributed by atoms with van der Waals surface area (Å²) < 4.78 is 23.3. The van der Waals surface area contributed by atoms with Crippen molar-refractivity contribution in [3.8, 4) is 0 Å². The van der Waals surface area contributed by atoms with E-state index >= 15 is 0 Å². The van der Waals surface area contributed by atoms with Gasteiger partial charge in [0.2, 0.25) is 5.91 Å². The van der Waals surface area contributed by atoms with E-state index in [0.717, 1.165) is 32.1 Å². The summed E-state index contributed by atoms with van der Waals surface area (Å²) in [5.41, 5.74) is 0. The molecule has 1 N–H and O–H groups in total. The van der Waals surface area contributed by atoms with Crippen LogP contribution in [0.5, 0.6) is 0 Å². The molecule has 0 aromatic carbocycles. The fourth-order valence-corrected chi connectivity index (χ4v) is 5.12. The first-order valence-electron chi connectivity index (χ1n) is 7.88. The molecule has 0 unspecified atom stereocenters. The maximum absolute atomic E-state index is 12.0. The zero-order chi connectivity index (χ0) is 16.2. The van der Waals surface area contributed by atoms with Gasteiger partial charge in [0.1, 0.15) is 9.84 Å². The quantitative estimate of drug-likeness (QED) is 0.864. The normalized spacial score (nSPS) is 22.5. The Balaban J connectivity index is 1.72. The molecule has 2 rings (SSSR count). The minimum Gasteiger partial charge on any atom is -0.353 e. The summed E-state index contributed by atoms with van der Waals surface area (Å²) >= 11 is 1.78. The molecular formula is C16H25NO3S2. The molecule has 22 heavy (non-hydrogen) atoms. The lowest BCUT2D eigenvalue weighted by atomic mass is 9.95. The Morgan fingerprint density at radius 3 is 2.77 bits per heavy atom. The van der Waals surface area contributed by atoms with Crippen LogP contribution in [-0.4, -0.2) is 31.9 Å². The third-order valence-corrected chi connectivity index (χ3v) is 6.92. The fourth-order valence-electron chi connectivity index (χ4n) is 3.01. The van der Waals surface area contributed by atoms with Crippen LogP contribution in [0.25, 0.3) is 0 Å². The summed E-state index contributed by atoms with van der Waals surface area (Å²) in [5, 5.41) is 2.72. The van der Waals surface area contributed by atoms with Gasteiger partial charge in [-0.2, -0.15) is 0 Å². The predicted octanol–water partition coefficient (Wildman–Crippen LogP) is 2.85. The molecule has 1 aliphatic carbocycles. The van der Waals surface area contributed by atoms with Crippen LogP contribution in [0.3, 0.4) is 0 Å². The van der Waals surface area contributed by atoms with E-state index in [2.05, 4.69) is 24.4 Å². The second kappa shape index (κ2) is 7.59. The Morgan fingerprint density at radius 2 is 2.14 bits per heavy atom. The second-order valence-electron chi connectivity index (χ2n) is 6.25. The standard InChI is InChI=1S/C16H25NO3S2/c1-12-9-10-14(21-12)6-4-8-16(18)17-13-5-3-7-15(11-13)22(2,19)20/h9-10,13,15H,3-8,11H2,1-2H3,(H,17,18)/t13-,15-/m1/s1. The van der Waals surface area contributed by atoms with Crippen LogP contribution in [0, 0.1) is 6.92 Å². The molecular weight excluding hydrogens is 318 g/mol. The monoisotopic (exact) mass is 343 g/mol. The molecule has 0 spiro atoms. The minimum atomic E-state index is -3.00. The van der Waals surface area contributed by atoms with Crippen molar-refractivity contribution in [1.82, 2.24) is 5.32 Å². The first-order valence-corrected chi connectivity index (χ1v) is 10.7. The Labute approximate surface area is 137 Å². The molecule has 124 valence electrons. The van der Waals surface area contributed by atoms with Gasteiger partial charge in [0.05, 0.1) is 5.25 Å². The first-order chi connectivity index (χ1) is 10.3. The van der Waals surface area contributed by atoms with Crippen LogP contribution >= 0.6 is 11.3 Å². The molecule has 2 atom stereocenters.